The standard InChI is InChI=1S/C20H22N2O3/c1-14(2)17-8-7-15(3)10-18(17)24-13-20(23)25-12-16-11-22-9-5-4-6-19(22)21-16/h4-11,14H,12-13H2,1-3H3. The molecule has 3 rings (SSSR count). The lowest BCUT2D eigenvalue weighted by atomic mass is 10.0. The van der Waals surface area contributed by atoms with Crippen LogP contribution in [0.15, 0.2) is 48.8 Å². The molecule has 0 atom stereocenters. The van der Waals surface area contributed by atoms with Crippen LogP contribution in [0.5, 0.6) is 5.75 Å². The SMILES string of the molecule is Cc1ccc(C(C)C)c(OCC(=O)OCc2cn3ccccc3n2)c1. The lowest BCUT2D eigenvalue weighted by Crippen LogP contribution is -2.15. The molecule has 0 radical (unpaired) electrons. The van der Waals surface area contributed by atoms with Gasteiger partial charge >= 0.3 is 5.97 Å². The number of pyridine rings is 1. The Morgan fingerprint density at radius 2 is 2.08 bits per heavy atom. The summed E-state index contributed by atoms with van der Waals surface area (Å²) in [4.78, 5) is 16.4. The van der Waals surface area contributed by atoms with Crippen molar-refractivity contribution in [3.8, 4) is 5.75 Å². The summed E-state index contributed by atoms with van der Waals surface area (Å²) < 4.78 is 12.8. The summed E-state index contributed by atoms with van der Waals surface area (Å²) in [5, 5.41) is 0. The molecule has 2 aromatic heterocycles. The number of benzene rings is 1. The zero-order chi connectivity index (χ0) is 17.8. The topological polar surface area (TPSA) is 52.8 Å². The average Bonchev–Trinajstić information content (AvgIpc) is 3.01. The predicted octanol–water partition coefficient (Wildman–Crippen LogP) is 3.89. The number of rotatable bonds is 6. The van der Waals surface area contributed by atoms with E-state index in [0.717, 1.165) is 22.5 Å². The molecule has 0 aliphatic heterocycles. The van der Waals surface area contributed by atoms with Crippen molar-refractivity contribution >= 4 is 11.6 Å². The van der Waals surface area contributed by atoms with Crippen LogP contribution in [0.3, 0.4) is 0 Å². The van der Waals surface area contributed by atoms with Crippen LogP contribution in [0, 0.1) is 6.92 Å². The Bertz CT molecular complexity index is 851. The van der Waals surface area contributed by atoms with Gasteiger partial charge in [-0.2, -0.15) is 0 Å². The van der Waals surface area contributed by atoms with Gasteiger partial charge in [0.15, 0.2) is 6.61 Å². The number of fused-ring (bicyclic) bond motifs is 1. The summed E-state index contributed by atoms with van der Waals surface area (Å²) in [6.07, 6.45) is 3.75. The van der Waals surface area contributed by atoms with E-state index in [1.54, 1.807) is 0 Å². The van der Waals surface area contributed by atoms with Gasteiger partial charge in [0.25, 0.3) is 0 Å². The van der Waals surface area contributed by atoms with E-state index in [1.165, 1.54) is 0 Å². The fourth-order valence-electron chi connectivity index (χ4n) is 2.63. The molecule has 0 aliphatic carbocycles. The van der Waals surface area contributed by atoms with Crippen molar-refractivity contribution in [2.24, 2.45) is 0 Å². The third kappa shape index (κ3) is 4.18. The second kappa shape index (κ2) is 7.38. The van der Waals surface area contributed by atoms with Crippen LogP contribution in [0.25, 0.3) is 5.65 Å². The molecule has 5 nitrogen and oxygen atoms in total. The molecule has 0 saturated carbocycles. The maximum Gasteiger partial charge on any atom is 0.344 e. The van der Waals surface area contributed by atoms with Crippen LogP contribution in [0.4, 0.5) is 0 Å². The van der Waals surface area contributed by atoms with Crippen LogP contribution in [0.1, 0.15) is 36.6 Å². The number of carbonyl (C=O) groups is 1. The van der Waals surface area contributed by atoms with Crippen molar-refractivity contribution in [1.29, 1.82) is 0 Å². The van der Waals surface area contributed by atoms with Gasteiger partial charge < -0.3 is 13.9 Å². The number of aryl methyl sites for hydroxylation is 1. The Kier molecular flexibility index (Phi) is 5.03. The molecule has 0 fully saturated rings. The van der Waals surface area contributed by atoms with Crippen LogP contribution >= 0.6 is 0 Å². The van der Waals surface area contributed by atoms with Crippen LogP contribution in [-0.2, 0) is 16.1 Å². The largest absolute Gasteiger partial charge is 0.482 e. The average molecular weight is 338 g/mol. The van der Waals surface area contributed by atoms with E-state index in [4.69, 9.17) is 9.47 Å². The maximum absolute atomic E-state index is 12.0. The van der Waals surface area contributed by atoms with Crippen molar-refractivity contribution in [2.45, 2.75) is 33.3 Å². The fourth-order valence-corrected chi connectivity index (χ4v) is 2.63. The molecule has 1 aromatic carbocycles. The number of esters is 1. The zero-order valence-electron chi connectivity index (χ0n) is 14.7. The van der Waals surface area contributed by atoms with E-state index in [0.29, 0.717) is 11.6 Å². The third-order valence-corrected chi connectivity index (χ3v) is 3.93. The minimum absolute atomic E-state index is 0.115. The molecule has 25 heavy (non-hydrogen) atoms. The molecule has 0 spiro atoms. The number of hydrogen-bond acceptors (Lipinski definition) is 4. The normalized spacial score (nSPS) is 11.0. The molecule has 0 N–H and O–H groups in total. The predicted molar refractivity (Wildman–Crippen MR) is 95.8 cm³/mol. The fraction of sp³-hybridized carbons (Fsp3) is 0.300. The second-order valence-corrected chi connectivity index (χ2v) is 6.34. The molecular formula is C20H22N2O3. The van der Waals surface area contributed by atoms with E-state index in [2.05, 4.69) is 18.8 Å². The van der Waals surface area contributed by atoms with E-state index in [9.17, 15) is 4.79 Å². The number of imidazole rings is 1. The van der Waals surface area contributed by atoms with Crippen LogP contribution < -0.4 is 4.74 Å². The van der Waals surface area contributed by atoms with Gasteiger partial charge in [-0.15, -0.1) is 0 Å². The highest BCUT2D eigenvalue weighted by Gasteiger charge is 2.12. The maximum atomic E-state index is 12.0. The van der Waals surface area contributed by atoms with Crippen LogP contribution in [0.2, 0.25) is 0 Å². The van der Waals surface area contributed by atoms with Gasteiger partial charge in [0.05, 0.1) is 5.69 Å². The first-order chi connectivity index (χ1) is 12.0. The Balaban J connectivity index is 1.57. The van der Waals surface area contributed by atoms with Crippen molar-refractivity contribution in [1.82, 2.24) is 9.38 Å². The van der Waals surface area contributed by atoms with Crippen LogP contribution in [-0.4, -0.2) is 22.0 Å². The number of ether oxygens (including phenoxy) is 2. The highest BCUT2D eigenvalue weighted by molar-refractivity contribution is 5.71. The first kappa shape index (κ1) is 17.0. The van der Waals surface area contributed by atoms with E-state index in [1.807, 2.05) is 60.1 Å². The Hall–Kier alpha value is -2.82. The lowest BCUT2D eigenvalue weighted by molar-refractivity contribution is -0.147. The van der Waals surface area contributed by atoms with Gasteiger partial charge in [-0.3, -0.25) is 0 Å². The second-order valence-electron chi connectivity index (χ2n) is 6.34. The van der Waals surface area contributed by atoms with Gasteiger partial charge in [-0.05, 0) is 42.2 Å². The Labute approximate surface area is 147 Å². The quantitative estimate of drug-likeness (QED) is 0.640. The first-order valence-electron chi connectivity index (χ1n) is 8.34. The van der Waals surface area contributed by atoms with Gasteiger partial charge in [-0.25, -0.2) is 9.78 Å². The number of aromatic nitrogens is 2. The van der Waals surface area contributed by atoms with Crippen molar-refractivity contribution in [3.05, 3.63) is 65.6 Å². The Morgan fingerprint density at radius 3 is 2.84 bits per heavy atom. The zero-order valence-corrected chi connectivity index (χ0v) is 14.7. The lowest BCUT2D eigenvalue weighted by Gasteiger charge is -2.14. The number of carbonyl (C=O) groups excluding carboxylic acids is 1. The summed E-state index contributed by atoms with van der Waals surface area (Å²) in [6.45, 7) is 6.21. The van der Waals surface area contributed by atoms with Gasteiger partial charge in [0, 0.05) is 12.4 Å². The van der Waals surface area contributed by atoms with Crippen molar-refractivity contribution in [2.75, 3.05) is 6.61 Å². The third-order valence-electron chi connectivity index (χ3n) is 3.93. The van der Waals surface area contributed by atoms with E-state index in [-0.39, 0.29) is 13.2 Å². The summed E-state index contributed by atoms with van der Waals surface area (Å²) in [7, 11) is 0. The van der Waals surface area contributed by atoms with Crippen molar-refractivity contribution in [3.63, 3.8) is 0 Å². The molecule has 0 unspecified atom stereocenters. The molecule has 130 valence electrons. The summed E-state index contributed by atoms with van der Waals surface area (Å²) in [5.41, 5.74) is 3.71. The molecule has 0 aliphatic rings. The highest BCUT2D eigenvalue weighted by atomic mass is 16.6. The monoisotopic (exact) mass is 338 g/mol. The Morgan fingerprint density at radius 1 is 1.24 bits per heavy atom. The van der Waals surface area contributed by atoms with Crippen molar-refractivity contribution < 1.29 is 14.3 Å². The van der Waals surface area contributed by atoms with Gasteiger partial charge in [0.2, 0.25) is 0 Å². The molecule has 0 saturated heterocycles. The molecule has 0 bridgehead atoms. The smallest absolute Gasteiger partial charge is 0.344 e. The number of hydrogen-bond donors (Lipinski definition) is 0. The minimum atomic E-state index is -0.409. The first-order valence-corrected chi connectivity index (χ1v) is 8.34. The highest BCUT2D eigenvalue weighted by Crippen LogP contribution is 2.27. The van der Waals surface area contributed by atoms with E-state index < -0.39 is 5.97 Å². The molecule has 0 amide bonds. The molecule has 3 aromatic rings. The minimum Gasteiger partial charge on any atom is -0.482 e. The van der Waals surface area contributed by atoms with Gasteiger partial charge in [0.1, 0.15) is 18.0 Å². The summed E-state index contributed by atoms with van der Waals surface area (Å²) in [5.74, 6) is 0.651. The van der Waals surface area contributed by atoms with Gasteiger partial charge in [-0.1, -0.05) is 32.0 Å². The molecule has 2 heterocycles. The number of nitrogens with zero attached hydrogens (tertiary/aromatic N) is 2. The van der Waals surface area contributed by atoms with E-state index >= 15 is 0 Å². The summed E-state index contributed by atoms with van der Waals surface area (Å²) >= 11 is 0. The molecular weight excluding hydrogens is 316 g/mol. The molecule has 5 heteroatoms. The summed E-state index contributed by atoms with van der Waals surface area (Å²) in [6, 6.07) is 11.8.